The van der Waals surface area contributed by atoms with Crippen LogP contribution in [-0.2, 0) is 26.6 Å². The quantitative estimate of drug-likeness (QED) is 0.446. The Kier molecular flexibility index (Phi) is 7.80. The molecule has 0 saturated heterocycles. The number of halogens is 1. The van der Waals surface area contributed by atoms with Gasteiger partial charge in [0.05, 0.1) is 12.7 Å². The SMILES string of the molecule is CCc1cnc(CNC(=NC)N(C)Cc2cnn(C)c2)s1.I. The van der Waals surface area contributed by atoms with E-state index in [1.807, 2.05) is 32.7 Å². The predicted octanol–water partition coefficient (Wildman–Crippen LogP) is 2.26. The fraction of sp³-hybridized carbons (Fsp3) is 0.500. The summed E-state index contributed by atoms with van der Waals surface area (Å²) >= 11 is 1.74. The summed E-state index contributed by atoms with van der Waals surface area (Å²) < 4.78 is 1.81. The Morgan fingerprint density at radius 3 is 2.77 bits per heavy atom. The highest BCUT2D eigenvalue weighted by Crippen LogP contribution is 2.13. The van der Waals surface area contributed by atoms with Crippen LogP contribution in [0.2, 0.25) is 0 Å². The minimum Gasteiger partial charge on any atom is -0.350 e. The van der Waals surface area contributed by atoms with E-state index in [0.29, 0.717) is 6.54 Å². The van der Waals surface area contributed by atoms with Gasteiger partial charge in [-0.1, -0.05) is 6.92 Å². The third-order valence-corrected chi connectivity index (χ3v) is 4.24. The number of hydrogen-bond acceptors (Lipinski definition) is 4. The molecule has 0 saturated carbocycles. The van der Waals surface area contributed by atoms with Crippen LogP contribution < -0.4 is 5.32 Å². The summed E-state index contributed by atoms with van der Waals surface area (Å²) in [4.78, 5) is 12.1. The first kappa shape index (κ1) is 18.9. The monoisotopic (exact) mass is 434 g/mol. The molecule has 2 aromatic heterocycles. The maximum atomic E-state index is 4.41. The first-order chi connectivity index (χ1) is 10.1. The topological polar surface area (TPSA) is 58.3 Å². The van der Waals surface area contributed by atoms with Gasteiger partial charge in [-0.2, -0.15) is 5.10 Å². The highest BCUT2D eigenvalue weighted by atomic mass is 127. The molecule has 2 heterocycles. The molecule has 0 spiro atoms. The second-order valence-corrected chi connectivity index (χ2v) is 6.05. The summed E-state index contributed by atoms with van der Waals surface area (Å²) in [7, 11) is 5.73. The fourth-order valence-electron chi connectivity index (χ4n) is 2.03. The van der Waals surface area contributed by atoms with E-state index in [1.165, 1.54) is 4.88 Å². The van der Waals surface area contributed by atoms with Crippen LogP contribution >= 0.6 is 35.3 Å². The average molecular weight is 434 g/mol. The lowest BCUT2D eigenvalue weighted by molar-refractivity contribution is 0.476. The Balaban J connectivity index is 0.00000242. The molecule has 0 atom stereocenters. The van der Waals surface area contributed by atoms with Crippen LogP contribution in [-0.4, -0.2) is 39.7 Å². The van der Waals surface area contributed by atoms with E-state index in [1.54, 1.807) is 23.1 Å². The van der Waals surface area contributed by atoms with Crippen molar-refractivity contribution in [1.29, 1.82) is 0 Å². The molecule has 0 bridgehead atoms. The van der Waals surface area contributed by atoms with Gasteiger partial charge in [-0.05, 0) is 6.42 Å². The van der Waals surface area contributed by atoms with Crippen molar-refractivity contribution in [1.82, 2.24) is 25.0 Å². The number of aliphatic imine (C=N–C) groups is 1. The van der Waals surface area contributed by atoms with Gasteiger partial charge < -0.3 is 10.2 Å². The summed E-state index contributed by atoms with van der Waals surface area (Å²) in [5, 5.41) is 8.61. The van der Waals surface area contributed by atoms with Crippen LogP contribution in [0.4, 0.5) is 0 Å². The Labute approximate surface area is 152 Å². The highest BCUT2D eigenvalue weighted by Gasteiger charge is 2.09. The largest absolute Gasteiger partial charge is 0.350 e. The molecule has 0 aliphatic carbocycles. The normalized spacial score (nSPS) is 11.2. The third kappa shape index (κ3) is 5.24. The van der Waals surface area contributed by atoms with Crippen LogP contribution in [0.1, 0.15) is 22.4 Å². The molecule has 0 fully saturated rings. The first-order valence-corrected chi connectivity index (χ1v) is 7.77. The Morgan fingerprint density at radius 2 is 2.23 bits per heavy atom. The van der Waals surface area contributed by atoms with Gasteiger partial charge in [0.15, 0.2) is 5.96 Å². The van der Waals surface area contributed by atoms with Crippen molar-refractivity contribution in [3.63, 3.8) is 0 Å². The van der Waals surface area contributed by atoms with E-state index in [9.17, 15) is 0 Å². The number of hydrogen-bond donors (Lipinski definition) is 1. The number of aryl methyl sites for hydroxylation is 2. The van der Waals surface area contributed by atoms with E-state index < -0.39 is 0 Å². The molecule has 22 heavy (non-hydrogen) atoms. The molecular formula is C14H23IN6S. The fourth-order valence-corrected chi connectivity index (χ4v) is 2.84. The second-order valence-electron chi connectivity index (χ2n) is 4.85. The molecule has 8 heteroatoms. The lowest BCUT2D eigenvalue weighted by atomic mass is 10.3. The van der Waals surface area contributed by atoms with Gasteiger partial charge in [0.2, 0.25) is 0 Å². The van der Waals surface area contributed by atoms with E-state index in [2.05, 4.69) is 32.2 Å². The minimum absolute atomic E-state index is 0. The van der Waals surface area contributed by atoms with Gasteiger partial charge in [-0.15, -0.1) is 35.3 Å². The molecule has 0 aliphatic heterocycles. The van der Waals surface area contributed by atoms with E-state index >= 15 is 0 Å². The second kappa shape index (κ2) is 9.09. The van der Waals surface area contributed by atoms with Crippen molar-refractivity contribution in [2.75, 3.05) is 14.1 Å². The van der Waals surface area contributed by atoms with Gasteiger partial charge in [-0.3, -0.25) is 9.67 Å². The van der Waals surface area contributed by atoms with Crippen molar-refractivity contribution < 1.29 is 0 Å². The molecule has 2 aromatic rings. The molecule has 1 N–H and O–H groups in total. The molecule has 122 valence electrons. The van der Waals surface area contributed by atoms with E-state index in [0.717, 1.165) is 29.5 Å². The number of guanidine groups is 1. The molecular weight excluding hydrogens is 411 g/mol. The maximum absolute atomic E-state index is 4.41. The molecule has 2 rings (SSSR count). The number of nitrogens with zero attached hydrogens (tertiary/aromatic N) is 5. The van der Waals surface area contributed by atoms with Crippen LogP contribution in [0.5, 0.6) is 0 Å². The average Bonchev–Trinajstić information content (AvgIpc) is 3.08. The van der Waals surface area contributed by atoms with Crippen LogP contribution in [0.15, 0.2) is 23.6 Å². The van der Waals surface area contributed by atoms with Gasteiger partial charge in [0.25, 0.3) is 0 Å². The van der Waals surface area contributed by atoms with Gasteiger partial charge in [0.1, 0.15) is 5.01 Å². The number of thiazole rings is 1. The first-order valence-electron chi connectivity index (χ1n) is 6.95. The maximum Gasteiger partial charge on any atom is 0.194 e. The summed E-state index contributed by atoms with van der Waals surface area (Å²) in [6, 6.07) is 0. The number of rotatable bonds is 5. The lowest BCUT2D eigenvalue weighted by Gasteiger charge is -2.21. The standard InChI is InChI=1S/C14H22N6S.HI/c1-5-12-7-16-13(21-12)8-17-14(15-2)19(3)9-11-6-18-20(4)10-11;/h6-7,10H,5,8-9H2,1-4H3,(H,15,17);1H. The minimum atomic E-state index is 0. The molecule has 0 aromatic carbocycles. The van der Waals surface area contributed by atoms with Crippen molar-refractivity contribution in [3.05, 3.63) is 34.0 Å². The Hall–Kier alpha value is -1.16. The lowest BCUT2D eigenvalue weighted by Crippen LogP contribution is -2.37. The van der Waals surface area contributed by atoms with E-state index in [4.69, 9.17) is 0 Å². The Bertz CT molecular complexity index is 606. The van der Waals surface area contributed by atoms with Crippen LogP contribution in [0.3, 0.4) is 0 Å². The van der Waals surface area contributed by atoms with Crippen molar-refractivity contribution >= 4 is 41.3 Å². The third-order valence-electron chi connectivity index (χ3n) is 3.10. The molecule has 0 aliphatic rings. The smallest absolute Gasteiger partial charge is 0.194 e. The molecule has 0 amide bonds. The van der Waals surface area contributed by atoms with Crippen molar-refractivity contribution in [3.8, 4) is 0 Å². The summed E-state index contributed by atoms with van der Waals surface area (Å²) in [6.45, 7) is 3.62. The van der Waals surface area contributed by atoms with Crippen molar-refractivity contribution in [2.45, 2.75) is 26.4 Å². The Morgan fingerprint density at radius 1 is 1.45 bits per heavy atom. The van der Waals surface area contributed by atoms with Crippen LogP contribution in [0, 0.1) is 0 Å². The van der Waals surface area contributed by atoms with Gasteiger partial charge in [0, 0.05) is 50.5 Å². The summed E-state index contributed by atoms with van der Waals surface area (Å²) in [5.74, 6) is 0.854. The highest BCUT2D eigenvalue weighted by molar-refractivity contribution is 14.0. The van der Waals surface area contributed by atoms with Crippen LogP contribution in [0.25, 0.3) is 0 Å². The number of nitrogens with one attached hydrogen (secondary N) is 1. The predicted molar refractivity (Wildman–Crippen MR) is 102 cm³/mol. The van der Waals surface area contributed by atoms with E-state index in [-0.39, 0.29) is 24.0 Å². The zero-order valence-electron chi connectivity index (χ0n) is 13.4. The van der Waals surface area contributed by atoms with Gasteiger partial charge >= 0.3 is 0 Å². The number of aromatic nitrogens is 3. The zero-order valence-corrected chi connectivity index (χ0v) is 16.6. The van der Waals surface area contributed by atoms with Crippen molar-refractivity contribution in [2.24, 2.45) is 12.0 Å². The molecule has 0 radical (unpaired) electrons. The summed E-state index contributed by atoms with van der Waals surface area (Å²) in [6.07, 6.45) is 6.87. The van der Waals surface area contributed by atoms with Gasteiger partial charge in [-0.25, -0.2) is 4.98 Å². The zero-order chi connectivity index (χ0) is 15.2. The molecule has 0 unspecified atom stereocenters. The summed E-state index contributed by atoms with van der Waals surface area (Å²) in [5.41, 5.74) is 1.16. The molecule has 6 nitrogen and oxygen atoms in total.